The quantitative estimate of drug-likeness (QED) is 0.609. The van der Waals surface area contributed by atoms with E-state index in [1.807, 2.05) is 30.5 Å². The predicted molar refractivity (Wildman–Crippen MR) is 51.4 cm³/mol. The van der Waals surface area contributed by atoms with E-state index in [0.29, 0.717) is 0 Å². The molecule has 0 amide bonds. The topological polar surface area (TPSA) is 72.9 Å². The van der Waals surface area contributed by atoms with Gasteiger partial charge in [0.2, 0.25) is 0 Å². The summed E-state index contributed by atoms with van der Waals surface area (Å²) in [5.74, 6) is 0. The Hall–Kier alpha value is -0.190. The molecule has 0 aliphatic rings. The summed E-state index contributed by atoms with van der Waals surface area (Å²) in [6.45, 7) is 0. The van der Waals surface area contributed by atoms with Crippen LogP contribution in [0.4, 0.5) is 0 Å². The Kier molecular flexibility index (Phi) is 8.51. The van der Waals surface area contributed by atoms with Crippen molar-refractivity contribution in [1.82, 2.24) is 4.98 Å². The Balaban J connectivity index is 0. The summed E-state index contributed by atoms with van der Waals surface area (Å²) in [6, 6.07) is 12.1. The molecule has 4 heteroatoms. The minimum Gasteiger partial charge on any atom is -0.870 e. The molecule has 1 aromatic heterocycles. The molecule has 2 N–H and O–H groups in total. The number of aromatic nitrogens is 1. The van der Waals surface area contributed by atoms with E-state index in [-0.39, 0.29) is 48.7 Å². The number of benzene rings is 1. The van der Waals surface area contributed by atoms with Crippen molar-refractivity contribution in [3.05, 3.63) is 42.6 Å². The van der Waals surface area contributed by atoms with E-state index in [0.717, 1.165) is 5.52 Å². The molecule has 0 fully saturated rings. The summed E-state index contributed by atoms with van der Waals surface area (Å²) in [5.41, 5.74) is 1.06. The Morgan fingerprint density at radius 3 is 2.15 bits per heavy atom. The summed E-state index contributed by atoms with van der Waals surface area (Å²) >= 11 is 0. The molecule has 0 atom stereocenters. The fraction of sp³-hybridized carbons (Fsp3) is 0. The standard InChI is InChI=1S/C9H7N.Ca.2H2O/c1-2-6-9-8(4-1)5-3-7-10-9;;;/h1-7H;;2*1H2/q;+2;;/p-2. The Morgan fingerprint density at radius 2 is 1.46 bits per heavy atom. The first-order valence-corrected chi connectivity index (χ1v) is 3.26. The van der Waals surface area contributed by atoms with Crippen LogP contribution in [-0.4, -0.2) is 53.7 Å². The van der Waals surface area contributed by atoms with Crippen molar-refractivity contribution in [2.45, 2.75) is 0 Å². The van der Waals surface area contributed by atoms with Crippen molar-refractivity contribution in [1.29, 1.82) is 0 Å². The van der Waals surface area contributed by atoms with E-state index in [4.69, 9.17) is 0 Å². The van der Waals surface area contributed by atoms with Gasteiger partial charge in [0.25, 0.3) is 0 Å². The van der Waals surface area contributed by atoms with Gasteiger partial charge in [0.05, 0.1) is 5.52 Å². The van der Waals surface area contributed by atoms with Crippen molar-refractivity contribution >= 4 is 48.6 Å². The van der Waals surface area contributed by atoms with Gasteiger partial charge in [-0.3, -0.25) is 4.98 Å². The van der Waals surface area contributed by atoms with Crippen molar-refractivity contribution in [3.8, 4) is 0 Å². The second-order valence-electron chi connectivity index (χ2n) is 2.20. The molecule has 2 rings (SSSR count). The molecule has 1 heterocycles. The van der Waals surface area contributed by atoms with Gasteiger partial charge in [-0.1, -0.05) is 24.3 Å². The van der Waals surface area contributed by atoms with Gasteiger partial charge in [0.15, 0.2) is 0 Å². The molecular weight excluding hydrogens is 194 g/mol. The fourth-order valence-corrected chi connectivity index (χ4v) is 1.02. The van der Waals surface area contributed by atoms with Gasteiger partial charge in [-0.05, 0) is 12.1 Å². The molecule has 2 aromatic rings. The minimum absolute atomic E-state index is 0. The molecule has 0 aliphatic carbocycles. The molecule has 0 radical (unpaired) electrons. The second-order valence-corrected chi connectivity index (χ2v) is 2.20. The molecular formula is C9H9CaNO2. The average molecular weight is 203 g/mol. The number of pyridine rings is 1. The van der Waals surface area contributed by atoms with E-state index in [1.54, 1.807) is 0 Å². The summed E-state index contributed by atoms with van der Waals surface area (Å²) in [4.78, 5) is 4.18. The number of rotatable bonds is 0. The molecule has 0 spiro atoms. The summed E-state index contributed by atoms with van der Waals surface area (Å²) < 4.78 is 0. The first kappa shape index (κ1) is 15.3. The maximum absolute atomic E-state index is 4.18. The van der Waals surface area contributed by atoms with Gasteiger partial charge >= 0.3 is 37.7 Å². The zero-order valence-corrected chi connectivity index (χ0v) is 9.30. The maximum atomic E-state index is 4.18. The van der Waals surface area contributed by atoms with Crippen LogP contribution in [0.3, 0.4) is 0 Å². The van der Waals surface area contributed by atoms with E-state index in [9.17, 15) is 0 Å². The smallest absolute Gasteiger partial charge is 0.870 e. The molecule has 0 bridgehead atoms. The molecule has 0 saturated heterocycles. The van der Waals surface area contributed by atoms with E-state index < -0.39 is 0 Å². The first-order chi connectivity index (χ1) is 4.97. The van der Waals surface area contributed by atoms with Crippen molar-refractivity contribution in [2.24, 2.45) is 0 Å². The zero-order valence-electron chi connectivity index (χ0n) is 7.09. The minimum atomic E-state index is 0. The molecule has 1 aromatic carbocycles. The van der Waals surface area contributed by atoms with E-state index >= 15 is 0 Å². The van der Waals surface area contributed by atoms with Gasteiger partial charge in [0, 0.05) is 11.6 Å². The van der Waals surface area contributed by atoms with Gasteiger partial charge < -0.3 is 11.0 Å². The van der Waals surface area contributed by atoms with Crippen LogP contribution in [0.25, 0.3) is 10.9 Å². The van der Waals surface area contributed by atoms with Crippen molar-refractivity contribution < 1.29 is 11.0 Å². The van der Waals surface area contributed by atoms with Crippen LogP contribution >= 0.6 is 0 Å². The monoisotopic (exact) mass is 203 g/mol. The Morgan fingerprint density at radius 1 is 0.846 bits per heavy atom. The summed E-state index contributed by atoms with van der Waals surface area (Å²) in [6.07, 6.45) is 1.81. The largest absolute Gasteiger partial charge is 2.00 e. The summed E-state index contributed by atoms with van der Waals surface area (Å²) in [5, 5.41) is 1.20. The first-order valence-electron chi connectivity index (χ1n) is 3.26. The molecule has 0 unspecified atom stereocenters. The molecule has 13 heavy (non-hydrogen) atoms. The van der Waals surface area contributed by atoms with Crippen LogP contribution < -0.4 is 0 Å². The number of hydrogen-bond acceptors (Lipinski definition) is 3. The van der Waals surface area contributed by atoms with Crippen LogP contribution in [-0.2, 0) is 0 Å². The van der Waals surface area contributed by atoms with Crippen LogP contribution in [0.5, 0.6) is 0 Å². The number of para-hydroxylation sites is 1. The number of fused-ring (bicyclic) bond motifs is 1. The van der Waals surface area contributed by atoms with Crippen LogP contribution in [0, 0.1) is 0 Å². The van der Waals surface area contributed by atoms with Gasteiger partial charge in [-0.2, -0.15) is 0 Å². The SMILES string of the molecule is [Ca+2].[OH-].[OH-].c1ccc2ncccc2c1. The number of hydrogen-bond donors (Lipinski definition) is 0. The van der Waals surface area contributed by atoms with Gasteiger partial charge in [-0.25, -0.2) is 0 Å². The third kappa shape index (κ3) is 3.58. The number of nitrogens with zero attached hydrogens (tertiary/aromatic N) is 1. The van der Waals surface area contributed by atoms with E-state index in [2.05, 4.69) is 17.1 Å². The van der Waals surface area contributed by atoms with Crippen molar-refractivity contribution in [3.63, 3.8) is 0 Å². The molecule has 0 saturated carbocycles. The summed E-state index contributed by atoms with van der Waals surface area (Å²) in [7, 11) is 0. The maximum Gasteiger partial charge on any atom is 2.00 e. The molecule has 3 nitrogen and oxygen atoms in total. The average Bonchev–Trinajstić information content (AvgIpc) is 2.05. The van der Waals surface area contributed by atoms with Gasteiger partial charge in [-0.15, -0.1) is 0 Å². The van der Waals surface area contributed by atoms with Crippen LogP contribution in [0.1, 0.15) is 0 Å². The third-order valence-electron chi connectivity index (χ3n) is 1.51. The van der Waals surface area contributed by atoms with Crippen LogP contribution in [0.2, 0.25) is 0 Å². The molecule has 0 aliphatic heterocycles. The third-order valence-corrected chi connectivity index (χ3v) is 1.51. The molecule has 64 valence electrons. The normalized spacial score (nSPS) is 7.69. The second kappa shape index (κ2) is 7.24. The zero-order chi connectivity index (χ0) is 6.81. The van der Waals surface area contributed by atoms with Gasteiger partial charge in [0.1, 0.15) is 0 Å². The Bertz CT molecular complexity index is 289. The Labute approximate surface area is 106 Å². The van der Waals surface area contributed by atoms with Crippen molar-refractivity contribution in [2.75, 3.05) is 0 Å². The fourth-order valence-electron chi connectivity index (χ4n) is 1.02. The predicted octanol–water partition coefficient (Wildman–Crippen LogP) is 1.50. The van der Waals surface area contributed by atoms with E-state index in [1.165, 1.54) is 5.39 Å². The van der Waals surface area contributed by atoms with Crippen LogP contribution in [0.15, 0.2) is 42.6 Å².